The summed E-state index contributed by atoms with van der Waals surface area (Å²) in [5.41, 5.74) is 3.95. The highest BCUT2D eigenvalue weighted by molar-refractivity contribution is 6.38. The lowest BCUT2D eigenvalue weighted by Gasteiger charge is -2.37. The monoisotopic (exact) mass is 527 g/mol. The van der Waals surface area contributed by atoms with Gasteiger partial charge in [0.1, 0.15) is 11.3 Å². The van der Waals surface area contributed by atoms with Gasteiger partial charge < -0.3 is 19.4 Å². The number of para-hydroxylation sites is 1. The molecule has 1 saturated carbocycles. The number of amides is 1. The zero-order valence-electron chi connectivity index (χ0n) is 21.5. The summed E-state index contributed by atoms with van der Waals surface area (Å²) < 4.78 is 11.7. The second-order valence-electron chi connectivity index (χ2n) is 9.69. The van der Waals surface area contributed by atoms with Crippen LogP contribution in [-0.4, -0.2) is 37.0 Å². The highest BCUT2D eigenvalue weighted by Crippen LogP contribution is 2.35. The fourth-order valence-corrected chi connectivity index (χ4v) is 5.63. The molecule has 3 aromatic carbocycles. The molecular formula is C31H30ClN3O3. The summed E-state index contributed by atoms with van der Waals surface area (Å²) in [4.78, 5) is 16.0. The summed E-state index contributed by atoms with van der Waals surface area (Å²) in [6.07, 6.45) is 3.72. The zero-order chi connectivity index (χ0) is 26.6. The van der Waals surface area contributed by atoms with Crippen molar-refractivity contribution >= 4 is 28.5 Å². The molecule has 0 aliphatic heterocycles. The molecule has 0 atom stereocenters. The molecule has 0 unspecified atom stereocenters. The van der Waals surface area contributed by atoms with E-state index in [-0.39, 0.29) is 17.7 Å². The molecule has 1 amide bonds. The predicted octanol–water partition coefficient (Wildman–Crippen LogP) is 6.81. The minimum atomic E-state index is -0.224. The van der Waals surface area contributed by atoms with Crippen molar-refractivity contribution in [1.82, 2.24) is 10.2 Å². The van der Waals surface area contributed by atoms with E-state index < -0.39 is 0 Å². The summed E-state index contributed by atoms with van der Waals surface area (Å²) in [5, 5.41) is 13.8. The van der Waals surface area contributed by atoms with Gasteiger partial charge in [-0.1, -0.05) is 41.9 Å². The van der Waals surface area contributed by atoms with Crippen LogP contribution >= 0.6 is 11.6 Å². The van der Waals surface area contributed by atoms with Crippen LogP contribution < -0.4 is 10.1 Å². The summed E-state index contributed by atoms with van der Waals surface area (Å²) in [6.45, 7) is 0.343. The first kappa shape index (κ1) is 25.8. The Balaban J connectivity index is 1.53. The summed E-state index contributed by atoms with van der Waals surface area (Å²) in [6, 6.07) is 23.5. The van der Waals surface area contributed by atoms with E-state index in [1.807, 2.05) is 72.6 Å². The van der Waals surface area contributed by atoms with Gasteiger partial charge >= 0.3 is 0 Å². The molecule has 5 rings (SSSR count). The number of ether oxygens (including phenoxy) is 1. The van der Waals surface area contributed by atoms with Crippen LogP contribution in [0.5, 0.6) is 5.75 Å². The van der Waals surface area contributed by atoms with Gasteiger partial charge in [0.25, 0.3) is 5.91 Å². The van der Waals surface area contributed by atoms with Crippen LogP contribution in [0.1, 0.15) is 47.4 Å². The van der Waals surface area contributed by atoms with Crippen LogP contribution in [0, 0.1) is 11.3 Å². The summed E-state index contributed by atoms with van der Waals surface area (Å²) in [7, 11) is 3.62. The first-order valence-electron chi connectivity index (χ1n) is 12.8. The van der Waals surface area contributed by atoms with Crippen LogP contribution in [0.2, 0.25) is 5.02 Å². The van der Waals surface area contributed by atoms with Crippen molar-refractivity contribution < 1.29 is 13.9 Å². The van der Waals surface area contributed by atoms with Gasteiger partial charge in [-0.25, -0.2) is 0 Å². The van der Waals surface area contributed by atoms with E-state index >= 15 is 0 Å². The Kier molecular flexibility index (Phi) is 7.69. The van der Waals surface area contributed by atoms with Gasteiger partial charge in [-0.2, -0.15) is 5.26 Å². The number of nitrogens with one attached hydrogen (secondary N) is 1. The van der Waals surface area contributed by atoms with Crippen molar-refractivity contribution in [3.05, 3.63) is 88.6 Å². The third-order valence-electron chi connectivity index (χ3n) is 7.48. The minimum Gasteiger partial charge on any atom is -0.496 e. The Bertz CT molecular complexity index is 1500. The maximum Gasteiger partial charge on any atom is 0.291 e. The van der Waals surface area contributed by atoms with E-state index in [9.17, 15) is 10.1 Å². The Morgan fingerprint density at radius 3 is 2.55 bits per heavy atom. The predicted molar refractivity (Wildman–Crippen MR) is 149 cm³/mol. The average molecular weight is 528 g/mol. The second-order valence-corrected chi connectivity index (χ2v) is 10.1. The van der Waals surface area contributed by atoms with Crippen molar-refractivity contribution in [2.24, 2.45) is 0 Å². The van der Waals surface area contributed by atoms with Crippen LogP contribution in [-0.2, 0) is 6.54 Å². The number of carbonyl (C=O) groups is 1. The molecule has 4 aromatic rings. The van der Waals surface area contributed by atoms with Crippen molar-refractivity contribution in [2.45, 2.75) is 44.3 Å². The number of carbonyl (C=O) groups excluding carboxylic acids is 1. The average Bonchev–Trinajstić information content (AvgIpc) is 3.31. The van der Waals surface area contributed by atoms with E-state index in [4.69, 9.17) is 20.8 Å². The smallest absolute Gasteiger partial charge is 0.291 e. The van der Waals surface area contributed by atoms with Gasteiger partial charge in [-0.05, 0) is 80.3 Å². The van der Waals surface area contributed by atoms with Gasteiger partial charge in [-0.15, -0.1) is 0 Å². The van der Waals surface area contributed by atoms with E-state index in [1.165, 1.54) is 0 Å². The molecule has 1 fully saturated rings. The number of nitrogens with zero attached hydrogens (tertiary/aromatic N) is 2. The third kappa shape index (κ3) is 5.13. The highest BCUT2D eigenvalue weighted by Gasteiger charge is 2.33. The maximum absolute atomic E-state index is 14.1. The Hall–Kier alpha value is -3.79. The Morgan fingerprint density at radius 2 is 1.84 bits per heavy atom. The quantitative estimate of drug-likeness (QED) is 0.286. The lowest BCUT2D eigenvalue weighted by atomic mass is 9.89. The van der Waals surface area contributed by atoms with E-state index in [0.29, 0.717) is 34.5 Å². The van der Waals surface area contributed by atoms with Crippen LogP contribution in [0.3, 0.4) is 0 Å². The lowest BCUT2D eigenvalue weighted by Crippen LogP contribution is -2.44. The second kappa shape index (κ2) is 11.3. The van der Waals surface area contributed by atoms with E-state index in [0.717, 1.165) is 47.8 Å². The highest BCUT2D eigenvalue weighted by atomic mass is 35.5. The standard InChI is InChI=1S/C31H30ClN3O3/c1-34-24-11-13-25(14-12-24)35(31(36)30-29(32)26-8-3-4-9-28(26)38-30)19-23-17-22(10-15-27(23)37-2)21-7-5-6-20(16-21)18-33/h3-10,15-17,24-25,34H,11-14,19H2,1-2H3/t24-,25+. The molecule has 7 heteroatoms. The topological polar surface area (TPSA) is 78.5 Å². The molecule has 1 aliphatic rings. The fourth-order valence-electron chi connectivity index (χ4n) is 5.36. The molecule has 1 aliphatic carbocycles. The SMILES string of the molecule is CN[C@H]1CC[C@@H](N(Cc2cc(-c3cccc(C#N)c3)ccc2OC)C(=O)c2oc3ccccc3c2Cl)CC1. The van der Waals surface area contributed by atoms with Gasteiger partial charge in [0, 0.05) is 23.0 Å². The molecule has 0 radical (unpaired) electrons. The van der Waals surface area contributed by atoms with E-state index in [1.54, 1.807) is 13.2 Å². The third-order valence-corrected chi connectivity index (χ3v) is 7.86. The Labute approximate surface area is 227 Å². The number of hydrogen-bond donors (Lipinski definition) is 1. The molecule has 0 saturated heterocycles. The maximum atomic E-state index is 14.1. The largest absolute Gasteiger partial charge is 0.496 e. The number of furan rings is 1. The van der Waals surface area contributed by atoms with E-state index in [2.05, 4.69) is 11.4 Å². The number of nitriles is 1. The number of fused-ring (bicyclic) bond motifs is 1. The molecular weight excluding hydrogens is 498 g/mol. The van der Waals surface area contributed by atoms with Gasteiger partial charge in [0.2, 0.25) is 5.76 Å². The van der Waals surface area contributed by atoms with Crippen molar-refractivity contribution in [1.29, 1.82) is 5.26 Å². The zero-order valence-corrected chi connectivity index (χ0v) is 22.3. The summed E-state index contributed by atoms with van der Waals surface area (Å²) in [5.74, 6) is 0.640. The van der Waals surface area contributed by atoms with Gasteiger partial charge in [0.05, 0.1) is 30.3 Å². The molecule has 194 valence electrons. The van der Waals surface area contributed by atoms with Crippen LogP contribution in [0.25, 0.3) is 22.1 Å². The number of rotatable bonds is 7. The molecule has 0 spiro atoms. The summed E-state index contributed by atoms with van der Waals surface area (Å²) >= 11 is 6.67. The van der Waals surface area contributed by atoms with Gasteiger partial charge in [0.15, 0.2) is 0 Å². The lowest BCUT2D eigenvalue weighted by molar-refractivity contribution is 0.0570. The number of methoxy groups -OCH3 is 1. The van der Waals surface area contributed by atoms with Crippen LogP contribution in [0.4, 0.5) is 0 Å². The number of benzene rings is 3. The first-order chi connectivity index (χ1) is 18.5. The molecule has 1 aromatic heterocycles. The minimum absolute atomic E-state index is 0.0339. The number of halogens is 1. The van der Waals surface area contributed by atoms with Gasteiger partial charge in [-0.3, -0.25) is 4.79 Å². The number of hydrogen-bond acceptors (Lipinski definition) is 5. The first-order valence-corrected chi connectivity index (χ1v) is 13.2. The van der Waals surface area contributed by atoms with Crippen LogP contribution in [0.15, 0.2) is 71.1 Å². The van der Waals surface area contributed by atoms with Crippen molar-refractivity contribution in [3.63, 3.8) is 0 Å². The normalized spacial score (nSPS) is 17.2. The molecule has 38 heavy (non-hydrogen) atoms. The molecule has 6 nitrogen and oxygen atoms in total. The molecule has 1 N–H and O–H groups in total. The fraction of sp³-hybridized carbons (Fsp3) is 0.290. The molecule has 1 heterocycles. The van der Waals surface area contributed by atoms with Crippen molar-refractivity contribution in [2.75, 3.05) is 14.2 Å². The Morgan fingerprint density at radius 1 is 1.08 bits per heavy atom. The molecule has 0 bridgehead atoms. The van der Waals surface area contributed by atoms with Crippen molar-refractivity contribution in [3.8, 4) is 22.9 Å².